The summed E-state index contributed by atoms with van der Waals surface area (Å²) in [6.07, 6.45) is -2.81. The lowest BCUT2D eigenvalue weighted by molar-refractivity contribution is -0.132. The first kappa shape index (κ1) is 13.1. The number of rotatable bonds is 5. The zero-order valence-corrected chi connectivity index (χ0v) is 9.16. The molecule has 0 saturated carbocycles. The normalized spacial score (nSPS) is 13.8. The molecule has 92 valence electrons. The molecule has 2 atom stereocenters. The fourth-order valence-electron chi connectivity index (χ4n) is 1.38. The molecule has 4 N–H and O–H groups in total. The minimum Gasteiger partial charge on any atom is -0.497 e. The van der Waals surface area contributed by atoms with Crippen molar-refractivity contribution in [3.63, 3.8) is 0 Å². The molecule has 0 saturated heterocycles. The van der Waals surface area contributed by atoms with Gasteiger partial charge in [0.2, 0.25) is 5.91 Å². The van der Waals surface area contributed by atoms with Crippen LogP contribution < -0.4 is 10.5 Å². The number of aldehydes is 1. The van der Waals surface area contributed by atoms with Crippen LogP contribution in [0.3, 0.4) is 0 Å². The molecule has 0 aliphatic carbocycles. The fourth-order valence-corrected chi connectivity index (χ4v) is 1.38. The van der Waals surface area contributed by atoms with Crippen molar-refractivity contribution in [1.29, 1.82) is 0 Å². The highest BCUT2D eigenvalue weighted by Crippen LogP contribution is 2.24. The molecular weight excluding hydrogens is 226 g/mol. The smallest absolute Gasteiger partial charge is 0.249 e. The number of hydrogen-bond acceptors (Lipinski definition) is 5. The van der Waals surface area contributed by atoms with Gasteiger partial charge < -0.3 is 20.7 Å². The van der Waals surface area contributed by atoms with Crippen LogP contribution in [0.5, 0.6) is 5.75 Å². The summed E-state index contributed by atoms with van der Waals surface area (Å²) in [5.41, 5.74) is 5.10. The summed E-state index contributed by atoms with van der Waals surface area (Å²) >= 11 is 0. The Bertz CT molecular complexity index is 432. The van der Waals surface area contributed by atoms with Crippen LogP contribution in [0.25, 0.3) is 0 Å². The van der Waals surface area contributed by atoms with Crippen LogP contribution in [0.4, 0.5) is 0 Å². The monoisotopic (exact) mass is 239 g/mol. The van der Waals surface area contributed by atoms with Gasteiger partial charge in [-0.15, -0.1) is 0 Å². The number of aliphatic hydroxyl groups excluding tert-OH is 2. The molecule has 0 fully saturated rings. The molecule has 0 aliphatic heterocycles. The first-order valence-corrected chi connectivity index (χ1v) is 4.79. The number of ether oxygens (including phenoxy) is 1. The van der Waals surface area contributed by atoms with Crippen LogP contribution in [-0.4, -0.2) is 35.6 Å². The van der Waals surface area contributed by atoms with Gasteiger partial charge in [-0.05, 0) is 17.7 Å². The van der Waals surface area contributed by atoms with E-state index in [1.165, 1.54) is 25.3 Å². The van der Waals surface area contributed by atoms with E-state index in [4.69, 9.17) is 10.5 Å². The maximum Gasteiger partial charge on any atom is 0.249 e. The molecule has 6 heteroatoms. The first-order valence-electron chi connectivity index (χ1n) is 4.79. The van der Waals surface area contributed by atoms with Crippen molar-refractivity contribution in [2.24, 2.45) is 5.73 Å². The van der Waals surface area contributed by atoms with Crippen molar-refractivity contribution in [1.82, 2.24) is 0 Å². The van der Waals surface area contributed by atoms with E-state index >= 15 is 0 Å². The fraction of sp³-hybridized carbons (Fsp3) is 0.273. The lowest BCUT2D eigenvalue weighted by Gasteiger charge is -2.17. The van der Waals surface area contributed by atoms with Crippen molar-refractivity contribution in [3.8, 4) is 5.75 Å². The highest BCUT2D eigenvalue weighted by molar-refractivity contribution is 5.82. The highest BCUT2D eigenvalue weighted by atomic mass is 16.5. The van der Waals surface area contributed by atoms with Crippen LogP contribution in [0, 0.1) is 0 Å². The van der Waals surface area contributed by atoms with Gasteiger partial charge in [-0.2, -0.15) is 0 Å². The van der Waals surface area contributed by atoms with Crippen molar-refractivity contribution in [3.05, 3.63) is 29.3 Å². The maximum atomic E-state index is 10.8. The quantitative estimate of drug-likeness (QED) is 0.593. The van der Waals surface area contributed by atoms with Gasteiger partial charge in [0.1, 0.15) is 11.9 Å². The summed E-state index contributed by atoms with van der Waals surface area (Å²) in [6.45, 7) is 0. The van der Waals surface area contributed by atoms with Gasteiger partial charge >= 0.3 is 0 Å². The first-order chi connectivity index (χ1) is 8.01. The Hall–Kier alpha value is -1.92. The Morgan fingerprint density at radius 3 is 2.59 bits per heavy atom. The van der Waals surface area contributed by atoms with Gasteiger partial charge in [0.15, 0.2) is 12.4 Å². The third-order valence-electron chi connectivity index (χ3n) is 2.33. The van der Waals surface area contributed by atoms with Crippen LogP contribution in [0.15, 0.2) is 18.2 Å². The standard InChI is InChI=1S/C11H13NO5/c1-17-7-2-3-8(6(4-7)5-13)9(14)10(15)11(12)16/h2-5,9-10,14-15H,1H3,(H2,12,16). The van der Waals surface area contributed by atoms with Crippen molar-refractivity contribution < 1.29 is 24.5 Å². The number of carbonyl (C=O) groups excluding carboxylic acids is 2. The van der Waals surface area contributed by atoms with Crippen LogP contribution >= 0.6 is 0 Å². The van der Waals surface area contributed by atoms with E-state index in [1.54, 1.807) is 0 Å². The molecule has 2 unspecified atom stereocenters. The van der Waals surface area contributed by atoms with E-state index in [9.17, 15) is 19.8 Å². The number of benzene rings is 1. The van der Waals surface area contributed by atoms with Gasteiger partial charge in [-0.3, -0.25) is 9.59 Å². The molecule has 1 rings (SSSR count). The molecule has 6 nitrogen and oxygen atoms in total. The number of aliphatic hydroxyl groups is 2. The number of carbonyl (C=O) groups is 2. The van der Waals surface area contributed by atoms with E-state index < -0.39 is 18.1 Å². The summed E-state index contributed by atoms with van der Waals surface area (Å²) in [5.74, 6) is -0.637. The minimum atomic E-state index is -1.76. The Morgan fingerprint density at radius 1 is 1.47 bits per heavy atom. The highest BCUT2D eigenvalue weighted by Gasteiger charge is 2.25. The molecule has 0 heterocycles. The Balaban J connectivity index is 3.13. The lowest BCUT2D eigenvalue weighted by atomic mass is 9.98. The van der Waals surface area contributed by atoms with Crippen molar-refractivity contribution in [2.75, 3.05) is 7.11 Å². The van der Waals surface area contributed by atoms with Gasteiger partial charge in [0.05, 0.1) is 7.11 Å². The average molecular weight is 239 g/mol. The predicted molar refractivity (Wildman–Crippen MR) is 58.5 cm³/mol. The van der Waals surface area contributed by atoms with E-state index in [-0.39, 0.29) is 11.1 Å². The molecule has 0 aromatic heterocycles. The Labute approximate surface area is 97.6 Å². The number of amides is 1. The molecule has 0 spiro atoms. The van der Waals surface area contributed by atoms with Gasteiger partial charge in [-0.1, -0.05) is 6.07 Å². The minimum absolute atomic E-state index is 0.118. The molecule has 1 aromatic rings. The Morgan fingerprint density at radius 2 is 2.12 bits per heavy atom. The number of primary amides is 1. The molecule has 0 aliphatic rings. The molecule has 17 heavy (non-hydrogen) atoms. The topological polar surface area (TPSA) is 110 Å². The van der Waals surface area contributed by atoms with E-state index in [0.29, 0.717) is 12.0 Å². The molecule has 0 radical (unpaired) electrons. The van der Waals surface area contributed by atoms with Gasteiger partial charge in [0, 0.05) is 5.56 Å². The third kappa shape index (κ3) is 2.80. The Kier molecular flexibility index (Phi) is 4.19. The zero-order valence-electron chi connectivity index (χ0n) is 9.16. The van der Waals surface area contributed by atoms with Crippen molar-refractivity contribution >= 4 is 12.2 Å². The summed E-state index contributed by atoms with van der Waals surface area (Å²) in [5, 5.41) is 19.0. The second-order valence-corrected chi connectivity index (χ2v) is 3.40. The zero-order chi connectivity index (χ0) is 13.0. The molecule has 0 bridgehead atoms. The largest absolute Gasteiger partial charge is 0.497 e. The number of nitrogens with two attached hydrogens (primary N) is 1. The van der Waals surface area contributed by atoms with Crippen molar-refractivity contribution in [2.45, 2.75) is 12.2 Å². The van der Waals surface area contributed by atoms with Crippen LogP contribution in [0.2, 0.25) is 0 Å². The van der Waals surface area contributed by atoms with Gasteiger partial charge in [-0.25, -0.2) is 0 Å². The maximum absolute atomic E-state index is 10.8. The third-order valence-corrected chi connectivity index (χ3v) is 2.33. The van der Waals surface area contributed by atoms with E-state index in [2.05, 4.69) is 0 Å². The van der Waals surface area contributed by atoms with Gasteiger partial charge in [0.25, 0.3) is 0 Å². The molecule has 1 aromatic carbocycles. The van der Waals surface area contributed by atoms with E-state index in [0.717, 1.165) is 0 Å². The predicted octanol–water partition coefficient (Wildman–Crippen LogP) is -0.613. The lowest BCUT2D eigenvalue weighted by Crippen LogP contribution is -2.34. The second-order valence-electron chi connectivity index (χ2n) is 3.40. The molecular formula is C11H13NO5. The molecule has 1 amide bonds. The van der Waals surface area contributed by atoms with Crippen LogP contribution in [-0.2, 0) is 4.79 Å². The number of hydrogen-bond donors (Lipinski definition) is 3. The van der Waals surface area contributed by atoms with E-state index in [1.807, 2.05) is 0 Å². The summed E-state index contributed by atoms with van der Waals surface area (Å²) < 4.78 is 4.90. The van der Waals surface area contributed by atoms with Crippen LogP contribution in [0.1, 0.15) is 22.0 Å². The average Bonchev–Trinajstić information content (AvgIpc) is 2.35. The SMILES string of the molecule is COc1ccc(C(O)C(O)C(N)=O)c(C=O)c1. The summed E-state index contributed by atoms with van der Waals surface area (Å²) in [6, 6.07) is 4.28. The number of methoxy groups -OCH3 is 1. The second kappa shape index (κ2) is 5.42. The summed E-state index contributed by atoms with van der Waals surface area (Å²) in [4.78, 5) is 21.6. The summed E-state index contributed by atoms with van der Waals surface area (Å²) in [7, 11) is 1.43.